The fourth-order valence-electron chi connectivity index (χ4n) is 3.61. The molecular formula is C17H21N5O2. The maximum absolute atomic E-state index is 12.9. The Kier molecular flexibility index (Phi) is 3.54. The first-order chi connectivity index (χ1) is 11.6. The van der Waals surface area contributed by atoms with Crippen molar-refractivity contribution in [1.29, 1.82) is 0 Å². The van der Waals surface area contributed by atoms with Crippen LogP contribution in [0.25, 0.3) is 0 Å². The molecule has 1 aromatic heterocycles. The SMILES string of the molecule is COc1cccc2c1CCC2(N)C(=O)Nc1cc2n(n1)CCNC2. The molecule has 126 valence electrons. The number of amides is 1. The van der Waals surface area contributed by atoms with Crippen LogP contribution >= 0.6 is 0 Å². The third-order valence-corrected chi connectivity index (χ3v) is 4.92. The van der Waals surface area contributed by atoms with Crippen molar-refractivity contribution < 1.29 is 9.53 Å². The van der Waals surface area contributed by atoms with Crippen molar-refractivity contribution in [2.24, 2.45) is 5.73 Å². The number of nitrogens with zero attached hydrogens (tertiary/aromatic N) is 2. The smallest absolute Gasteiger partial charge is 0.250 e. The van der Waals surface area contributed by atoms with Crippen molar-refractivity contribution in [2.45, 2.75) is 31.5 Å². The van der Waals surface area contributed by atoms with E-state index in [0.717, 1.165) is 48.6 Å². The molecule has 1 aromatic carbocycles. The molecule has 1 aliphatic carbocycles. The summed E-state index contributed by atoms with van der Waals surface area (Å²) in [5.74, 6) is 1.12. The van der Waals surface area contributed by atoms with Crippen LogP contribution in [0.5, 0.6) is 5.75 Å². The summed E-state index contributed by atoms with van der Waals surface area (Å²) in [5, 5.41) is 10.6. The summed E-state index contributed by atoms with van der Waals surface area (Å²) in [6, 6.07) is 7.58. The van der Waals surface area contributed by atoms with Gasteiger partial charge in [-0.3, -0.25) is 9.48 Å². The van der Waals surface area contributed by atoms with Gasteiger partial charge in [-0.1, -0.05) is 12.1 Å². The van der Waals surface area contributed by atoms with Crippen molar-refractivity contribution in [3.63, 3.8) is 0 Å². The van der Waals surface area contributed by atoms with Gasteiger partial charge in [0.15, 0.2) is 5.82 Å². The van der Waals surface area contributed by atoms with Crippen LogP contribution in [0.2, 0.25) is 0 Å². The highest BCUT2D eigenvalue weighted by Gasteiger charge is 2.43. The predicted octanol–water partition coefficient (Wildman–Crippen LogP) is 0.734. The van der Waals surface area contributed by atoms with Crippen LogP contribution in [-0.4, -0.2) is 29.3 Å². The molecule has 0 bridgehead atoms. The first-order valence-corrected chi connectivity index (χ1v) is 8.16. The van der Waals surface area contributed by atoms with Crippen LogP contribution in [-0.2, 0) is 29.8 Å². The molecule has 0 fully saturated rings. The molecule has 1 unspecified atom stereocenters. The number of anilines is 1. The Labute approximate surface area is 140 Å². The van der Waals surface area contributed by atoms with Crippen LogP contribution in [0, 0.1) is 0 Å². The van der Waals surface area contributed by atoms with E-state index in [2.05, 4.69) is 15.7 Å². The fourth-order valence-corrected chi connectivity index (χ4v) is 3.61. The lowest BCUT2D eigenvalue weighted by Gasteiger charge is -2.23. The molecular weight excluding hydrogens is 306 g/mol. The number of benzene rings is 1. The predicted molar refractivity (Wildman–Crippen MR) is 89.7 cm³/mol. The van der Waals surface area contributed by atoms with E-state index in [-0.39, 0.29) is 5.91 Å². The zero-order valence-corrected chi connectivity index (χ0v) is 13.6. The number of fused-ring (bicyclic) bond motifs is 2. The normalized spacial score (nSPS) is 21.9. The Bertz CT molecular complexity index is 777. The van der Waals surface area contributed by atoms with Crippen LogP contribution in [0.1, 0.15) is 23.2 Å². The number of nitrogens with one attached hydrogen (secondary N) is 2. The van der Waals surface area contributed by atoms with Crippen molar-refractivity contribution in [3.05, 3.63) is 41.1 Å². The van der Waals surface area contributed by atoms with E-state index in [1.54, 1.807) is 7.11 Å². The molecule has 2 aromatic rings. The van der Waals surface area contributed by atoms with Gasteiger partial charge < -0.3 is 21.1 Å². The van der Waals surface area contributed by atoms with E-state index >= 15 is 0 Å². The maximum atomic E-state index is 12.9. The lowest BCUT2D eigenvalue weighted by molar-refractivity contribution is -0.121. The summed E-state index contributed by atoms with van der Waals surface area (Å²) in [5.41, 5.74) is 8.37. The Morgan fingerprint density at radius 3 is 3.17 bits per heavy atom. The number of rotatable bonds is 3. The van der Waals surface area contributed by atoms with Crippen molar-refractivity contribution in [3.8, 4) is 5.75 Å². The monoisotopic (exact) mass is 327 g/mol. The highest BCUT2D eigenvalue weighted by Crippen LogP contribution is 2.40. The quantitative estimate of drug-likeness (QED) is 0.773. The Morgan fingerprint density at radius 1 is 1.50 bits per heavy atom. The molecule has 0 saturated carbocycles. The first kappa shape index (κ1) is 15.2. The second-order valence-electron chi connectivity index (χ2n) is 6.33. The summed E-state index contributed by atoms with van der Waals surface area (Å²) < 4.78 is 7.31. The number of carbonyl (C=O) groups excluding carboxylic acids is 1. The molecule has 7 nitrogen and oxygen atoms in total. The lowest BCUT2D eigenvalue weighted by Crippen LogP contribution is -2.46. The molecule has 24 heavy (non-hydrogen) atoms. The minimum Gasteiger partial charge on any atom is -0.496 e. The molecule has 7 heteroatoms. The number of hydrogen-bond donors (Lipinski definition) is 3. The minimum atomic E-state index is -1.05. The lowest BCUT2D eigenvalue weighted by atomic mass is 9.92. The first-order valence-electron chi connectivity index (χ1n) is 8.16. The molecule has 0 spiro atoms. The van der Waals surface area contributed by atoms with Gasteiger partial charge in [-0.25, -0.2) is 0 Å². The fraction of sp³-hybridized carbons (Fsp3) is 0.412. The standard InChI is InChI=1S/C17H21N5O2/c1-24-14-4-2-3-13-12(14)5-6-17(13,18)16(23)20-15-9-11-10-19-7-8-22(11)21-15/h2-4,9,19H,5-8,10,18H2,1H3,(H,20,21,23). The molecule has 0 radical (unpaired) electrons. The molecule has 4 rings (SSSR count). The maximum Gasteiger partial charge on any atom is 0.250 e. The molecule has 1 amide bonds. The Balaban J connectivity index is 1.60. The van der Waals surface area contributed by atoms with Crippen LogP contribution in [0.3, 0.4) is 0 Å². The average Bonchev–Trinajstić information content (AvgIpc) is 3.16. The number of carbonyl (C=O) groups is 1. The van der Waals surface area contributed by atoms with Gasteiger partial charge >= 0.3 is 0 Å². The largest absolute Gasteiger partial charge is 0.496 e. The summed E-state index contributed by atoms with van der Waals surface area (Å²) in [4.78, 5) is 12.9. The second-order valence-corrected chi connectivity index (χ2v) is 6.33. The summed E-state index contributed by atoms with van der Waals surface area (Å²) in [6.45, 7) is 2.45. The van der Waals surface area contributed by atoms with Gasteiger partial charge in [-0.2, -0.15) is 5.10 Å². The van der Waals surface area contributed by atoms with E-state index in [0.29, 0.717) is 12.2 Å². The summed E-state index contributed by atoms with van der Waals surface area (Å²) in [6.07, 6.45) is 1.29. The number of aromatic nitrogens is 2. The van der Waals surface area contributed by atoms with E-state index in [1.165, 1.54) is 0 Å². The molecule has 1 aliphatic heterocycles. The molecule has 4 N–H and O–H groups in total. The zero-order chi connectivity index (χ0) is 16.7. The third-order valence-electron chi connectivity index (χ3n) is 4.92. The van der Waals surface area contributed by atoms with Gasteiger partial charge in [0.2, 0.25) is 5.91 Å². The number of hydrogen-bond acceptors (Lipinski definition) is 5. The number of nitrogens with two attached hydrogens (primary N) is 1. The number of methoxy groups -OCH3 is 1. The zero-order valence-electron chi connectivity index (χ0n) is 13.6. The molecule has 2 heterocycles. The third kappa shape index (κ3) is 2.28. The van der Waals surface area contributed by atoms with Gasteiger partial charge in [-0.05, 0) is 30.0 Å². The Morgan fingerprint density at radius 2 is 2.38 bits per heavy atom. The van der Waals surface area contributed by atoms with E-state index < -0.39 is 5.54 Å². The second kappa shape index (κ2) is 5.61. The van der Waals surface area contributed by atoms with E-state index in [9.17, 15) is 4.79 Å². The highest BCUT2D eigenvalue weighted by atomic mass is 16.5. The van der Waals surface area contributed by atoms with Gasteiger partial charge in [0.05, 0.1) is 19.3 Å². The molecule has 2 aliphatic rings. The summed E-state index contributed by atoms with van der Waals surface area (Å²) >= 11 is 0. The molecule has 1 atom stereocenters. The van der Waals surface area contributed by atoms with E-state index in [4.69, 9.17) is 10.5 Å². The van der Waals surface area contributed by atoms with Crippen molar-refractivity contribution in [2.75, 3.05) is 19.0 Å². The van der Waals surface area contributed by atoms with Crippen LogP contribution < -0.4 is 21.1 Å². The number of ether oxygens (including phenoxy) is 1. The van der Waals surface area contributed by atoms with Gasteiger partial charge in [0.25, 0.3) is 0 Å². The van der Waals surface area contributed by atoms with Crippen LogP contribution in [0.4, 0.5) is 5.82 Å². The minimum absolute atomic E-state index is 0.224. The van der Waals surface area contributed by atoms with Crippen molar-refractivity contribution >= 4 is 11.7 Å². The van der Waals surface area contributed by atoms with Crippen molar-refractivity contribution in [1.82, 2.24) is 15.1 Å². The molecule has 0 saturated heterocycles. The average molecular weight is 327 g/mol. The van der Waals surface area contributed by atoms with Crippen LogP contribution in [0.15, 0.2) is 24.3 Å². The van der Waals surface area contributed by atoms with Gasteiger partial charge in [0, 0.05) is 19.2 Å². The summed E-state index contributed by atoms with van der Waals surface area (Å²) in [7, 11) is 1.63. The van der Waals surface area contributed by atoms with Gasteiger partial charge in [0.1, 0.15) is 11.3 Å². The van der Waals surface area contributed by atoms with E-state index in [1.807, 2.05) is 28.9 Å². The van der Waals surface area contributed by atoms with Gasteiger partial charge in [-0.15, -0.1) is 0 Å². The topological polar surface area (TPSA) is 94.2 Å². The highest BCUT2D eigenvalue weighted by molar-refractivity contribution is 5.99. The Hall–Kier alpha value is -2.38.